The fraction of sp³-hybridized carbons (Fsp3) is 0.833. The number of carbonyl (C=O) groups is 1. The fourth-order valence-electron chi connectivity index (χ4n) is 0.700. The highest BCUT2D eigenvalue weighted by Gasteiger charge is 2.33. The van der Waals surface area contributed by atoms with E-state index in [0.29, 0.717) is 0 Å². The molecule has 0 saturated carbocycles. The number of hydrogen-bond acceptors (Lipinski definition) is 4. The molecule has 2 N–H and O–H groups in total. The number of carboxylic acids is 1. The average Bonchev–Trinajstić information content (AvgIpc) is 1.86. The summed E-state index contributed by atoms with van der Waals surface area (Å²) in [6.07, 6.45) is 0. The molecule has 0 aromatic rings. The molecule has 1 unspecified atom stereocenters. The highest BCUT2D eigenvalue weighted by molar-refractivity contribution is 7.93. The van der Waals surface area contributed by atoms with Crippen molar-refractivity contribution in [1.82, 2.24) is 5.32 Å². The molecule has 1 atom stereocenters. The number of hydrogen-bond donors (Lipinski definition) is 2. The van der Waals surface area contributed by atoms with Gasteiger partial charge in [0.25, 0.3) is 0 Å². The third kappa shape index (κ3) is 2.18. The first kappa shape index (κ1) is 11.4. The van der Waals surface area contributed by atoms with Crippen LogP contribution in [-0.2, 0) is 14.6 Å². The minimum atomic E-state index is -3.60. The van der Waals surface area contributed by atoms with E-state index in [1.165, 1.54) is 20.9 Å². The second-order valence-electron chi connectivity index (χ2n) is 2.64. The van der Waals surface area contributed by atoms with Crippen molar-refractivity contribution in [3.8, 4) is 0 Å². The second kappa shape index (κ2) is 3.86. The van der Waals surface area contributed by atoms with Crippen molar-refractivity contribution >= 4 is 15.8 Å². The molecule has 0 aromatic carbocycles. The van der Waals surface area contributed by atoms with Crippen molar-refractivity contribution in [2.45, 2.75) is 24.5 Å². The molecule has 0 bridgehead atoms. The molecule has 0 aliphatic heterocycles. The van der Waals surface area contributed by atoms with Crippen LogP contribution in [-0.4, -0.2) is 37.2 Å². The first-order valence-electron chi connectivity index (χ1n) is 3.46. The lowest BCUT2D eigenvalue weighted by molar-refractivity contribution is -0.137. The van der Waals surface area contributed by atoms with Crippen LogP contribution in [0.4, 0.5) is 0 Å². The van der Waals surface area contributed by atoms with Gasteiger partial charge in [-0.15, -0.1) is 0 Å². The first-order valence-corrected chi connectivity index (χ1v) is 5.07. The smallest absolute Gasteiger partial charge is 0.336 e. The molecule has 0 aliphatic rings. The van der Waals surface area contributed by atoms with Gasteiger partial charge in [-0.3, -0.25) is 5.32 Å². The first-order chi connectivity index (χ1) is 5.34. The molecule has 0 heterocycles. The van der Waals surface area contributed by atoms with Crippen molar-refractivity contribution in [3.05, 3.63) is 0 Å². The SMILES string of the molecule is CNC(C(=O)O)S(=O)(=O)C(C)C. The molecule has 6 heteroatoms. The Hall–Kier alpha value is -0.620. The molecule has 12 heavy (non-hydrogen) atoms. The Balaban J connectivity index is 4.87. The van der Waals surface area contributed by atoms with Crippen LogP contribution in [0, 0.1) is 0 Å². The van der Waals surface area contributed by atoms with Crippen LogP contribution in [0.25, 0.3) is 0 Å². The monoisotopic (exact) mass is 195 g/mol. The maximum absolute atomic E-state index is 11.3. The summed E-state index contributed by atoms with van der Waals surface area (Å²) in [7, 11) is -2.29. The summed E-state index contributed by atoms with van der Waals surface area (Å²) in [5.74, 6) is -1.37. The van der Waals surface area contributed by atoms with E-state index in [2.05, 4.69) is 5.32 Å². The van der Waals surface area contributed by atoms with Gasteiger partial charge in [0.05, 0.1) is 5.25 Å². The lowest BCUT2D eigenvalue weighted by atomic mass is 10.6. The molecule has 0 saturated heterocycles. The van der Waals surface area contributed by atoms with Crippen LogP contribution in [0.1, 0.15) is 13.8 Å². The van der Waals surface area contributed by atoms with E-state index in [9.17, 15) is 13.2 Å². The number of likely N-dealkylation sites (N-methyl/N-ethyl adjacent to an activating group) is 1. The summed E-state index contributed by atoms with van der Waals surface area (Å²) in [5.41, 5.74) is 0. The maximum atomic E-state index is 11.3. The van der Waals surface area contributed by atoms with Gasteiger partial charge < -0.3 is 5.11 Å². The van der Waals surface area contributed by atoms with Gasteiger partial charge in [0.2, 0.25) is 5.37 Å². The van der Waals surface area contributed by atoms with Gasteiger partial charge in [0.1, 0.15) is 0 Å². The minimum Gasteiger partial charge on any atom is -0.479 e. The summed E-state index contributed by atoms with van der Waals surface area (Å²) in [4.78, 5) is 10.4. The predicted molar refractivity (Wildman–Crippen MR) is 44.5 cm³/mol. The Morgan fingerprint density at radius 2 is 1.83 bits per heavy atom. The Bertz CT molecular complexity index is 257. The zero-order chi connectivity index (χ0) is 9.94. The van der Waals surface area contributed by atoms with Gasteiger partial charge in [-0.2, -0.15) is 0 Å². The lowest BCUT2D eigenvalue weighted by Gasteiger charge is -2.14. The molecule has 0 rings (SSSR count). The Labute approximate surface area is 71.7 Å². The van der Waals surface area contributed by atoms with Crippen molar-refractivity contribution in [2.75, 3.05) is 7.05 Å². The van der Waals surface area contributed by atoms with E-state index >= 15 is 0 Å². The molecule has 0 amide bonds. The van der Waals surface area contributed by atoms with Crippen LogP contribution in [0.3, 0.4) is 0 Å². The number of sulfone groups is 1. The molecule has 5 nitrogen and oxygen atoms in total. The fourth-order valence-corrected chi connectivity index (χ4v) is 1.85. The Morgan fingerprint density at radius 1 is 1.42 bits per heavy atom. The largest absolute Gasteiger partial charge is 0.479 e. The quantitative estimate of drug-likeness (QED) is 0.628. The van der Waals surface area contributed by atoms with E-state index in [-0.39, 0.29) is 0 Å². The minimum absolute atomic E-state index is 0.689. The molecular weight excluding hydrogens is 182 g/mol. The van der Waals surface area contributed by atoms with Crippen molar-refractivity contribution in [3.63, 3.8) is 0 Å². The molecule has 72 valence electrons. The maximum Gasteiger partial charge on any atom is 0.336 e. The van der Waals surface area contributed by atoms with E-state index in [1.54, 1.807) is 0 Å². The normalized spacial score (nSPS) is 14.7. The van der Waals surface area contributed by atoms with Gasteiger partial charge in [0, 0.05) is 0 Å². The molecule has 0 radical (unpaired) electrons. The number of carboxylic acid groups (broad SMARTS) is 1. The summed E-state index contributed by atoms with van der Waals surface area (Å²) in [6.45, 7) is 2.89. The van der Waals surface area contributed by atoms with Crippen LogP contribution >= 0.6 is 0 Å². The number of nitrogens with one attached hydrogen (secondary N) is 1. The highest BCUT2D eigenvalue weighted by atomic mass is 32.2. The molecule has 0 aromatic heterocycles. The Morgan fingerprint density at radius 3 is 1.92 bits per heavy atom. The van der Waals surface area contributed by atoms with Crippen LogP contribution in [0.5, 0.6) is 0 Å². The lowest BCUT2D eigenvalue weighted by Crippen LogP contribution is -2.44. The molecule has 0 aliphatic carbocycles. The van der Waals surface area contributed by atoms with E-state index in [0.717, 1.165) is 0 Å². The summed E-state index contributed by atoms with van der Waals surface area (Å²) < 4.78 is 22.5. The average molecular weight is 195 g/mol. The summed E-state index contributed by atoms with van der Waals surface area (Å²) in [6, 6.07) is 0. The van der Waals surface area contributed by atoms with Crippen LogP contribution in [0.2, 0.25) is 0 Å². The second-order valence-corrected chi connectivity index (χ2v) is 5.24. The topological polar surface area (TPSA) is 83.5 Å². The molecular formula is C6H13NO4S. The van der Waals surface area contributed by atoms with Gasteiger partial charge >= 0.3 is 5.97 Å². The van der Waals surface area contributed by atoms with E-state index < -0.39 is 26.4 Å². The predicted octanol–water partition coefficient (Wildman–Crippen LogP) is -0.560. The van der Waals surface area contributed by atoms with Crippen molar-refractivity contribution in [1.29, 1.82) is 0 Å². The van der Waals surface area contributed by atoms with E-state index in [1.807, 2.05) is 0 Å². The Kier molecular flexibility index (Phi) is 3.66. The van der Waals surface area contributed by atoms with Gasteiger partial charge in [0.15, 0.2) is 9.84 Å². The third-order valence-corrected chi connectivity index (χ3v) is 3.88. The van der Waals surface area contributed by atoms with E-state index in [4.69, 9.17) is 5.11 Å². The van der Waals surface area contributed by atoms with Crippen LogP contribution in [0.15, 0.2) is 0 Å². The zero-order valence-corrected chi connectivity index (χ0v) is 8.05. The summed E-state index contributed by atoms with van der Waals surface area (Å²) >= 11 is 0. The highest BCUT2D eigenvalue weighted by Crippen LogP contribution is 2.06. The van der Waals surface area contributed by atoms with Crippen LogP contribution < -0.4 is 5.32 Å². The van der Waals surface area contributed by atoms with Crippen molar-refractivity contribution in [2.24, 2.45) is 0 Å². The molecule has 0 fully saturated rings. The van der Waals surface area contributed by atoms with Gasteiger partial charge in [-0.05, 0) is 20.9 Å². The number of aliphatic carboxylic acids is 1. The van der Waals surface area contributed by atoms with Gasteiger partial charge in [-0.1, -0.05) is 0 Å². The summed E-state index contributed by atoms with van der Waals surface area (Å²) in [5, 5.41) is 8.56. The zero-order valence-electron chi connectivity index (χ0n) is 7.23. The third-order valence-electron chi connectivity index (χ3n) is 1.47. The molecule has 0 spiro atoms. The van der Waals surface area contributed by atoms with Crippen molar-refractivity contribution < 1.29 is 18.3 Å². The number of rotatable bonds is 4. The standard InChI is InChI=1S/C6H13NO4S/c1-4(2)12(10,11)5(7-3)6(8)9/h4-5,7H,1-3H3,(H,8,9). The van der Waals surface area contributed by atoms with Gasteiger partial charge in [-0.25, -0.2) is 13.2 Å².